The lowest BCUT2D eigenvalue weighted by atomic mass is 10.2. The Morgan fingerprint density at radius 2 is 1.78 bits per heavy atom. The van der Waals surface area contributed by atoms with Gasteiger partial charge in [-0.1, -0.05) is 24.3 Å². The molecule has 23 heavy (non-hydrogen) atoms. The van der Waals surface area contributed by atoms with Gasteiger partial charge in [0.05, 0.1) is 5.56 Å². The van der Waals surface area contributed by atoms with E-state index in [1.807, 2.05) is 0 Å². The largest absolute Gasteiger partial charge is 0.478 e. The standard InChI is InChI=1S/C16H11NO5S/c18-16(19)12-5-1-7-13(10-12)23(20,21)22-14-8-2-4-11-6-3-9-17-15(11)14/h1-10H,(H,18,19). The van der Waals surface area contributed by atoms with Crippen LogP contribution in [-0.4, -0.2) is 24.5 Å². The first-order valence-electron chi connectivity index (χ1n) is 6.59. The third-order valence-electron chi connectivity index (χ3n) is 3.16. The Morgan fingerprint density at radius 1 is 1.04 bits per heavy atom. The highest BCUT2D eigenvalue weighted by Crippen LogP contribution is 2.26. The zero-order valence-corrected chi connectivity index (χ0v) is 12.5. The van der Waals surface area contributed by atoms with Gasteiger partial charge >= 0.3 is 16.1 Å². The summed E-state index contributed by atoms with van der Waals surface area (Å²) in [6, 6.07) is 13.4. The van der Waals surface area contributed by atoms with Crippen LogP contribution in [0, 0.1) is 0 Å². The van der Waals surface area contributed by atoms with E-state index in [1.165, 1.54) is 30.5 Å². The SMILES string of the molecule is O=C(O)c1cccc(S(=O)(=O)Oc2cccc3cccnc23)c1. The molecule has 1 aromatic heterocycles. The van der Waals surface area contributed by atoms with Crippen LogP contribution in [0.15, 0.2) is 65.7 Å². The minimum absolute atomic E-state index is 0.0869. The summed E-state index contributed by atoms with van der Waals surface area (Å²) in [5, 5.41) is 9.70. The van der Waals surface area contributed by atoms with Crippen LogP contribution in [0.25, 0.3) is 10.9 Å². The molecule has 3 aromatic rings. The number of nitrogens with zero attached hydrogens (tertiary/aromatic N) is 1. The van der Waals surface area contributed by atoms with Gasteiger partial charge in [0, 0.05) is 11.6 Å². The molecule has 1 heterocycles. The smallest absolute Gasteiger partial charge is 0.339 e. The van der Waals surface area contributed by atoms with Crippen LogP contribution < -0.4 is 4.18 Å². The van der Waals surface area contributed by atoms with Gasteiger partial charge in [-0.05, 0) is 30.3 Å². The predicted molar refractivity (Wildman–Crippen MR) is 83.0 cm³/mol. The van der Waals surface area contributed by atoms with Gasteiger partial charge < -0.3 is 9.29 Å². The van der Waals surface area contributed by atoms with E-state index in [-0.39, 0.29) is 16.2 Å². The number of carbonyl (C=O) groups is 1. The minimum atomic E-state index is -4.16. The number of carboxylic acids is 1. The average Bonchev–Trinajstić information content (AvgIpc) is 2.55. The number of aromatic carboxylic acids is 1. The first kappa shape index (κ1) is 15.0. The zero-order chi connectivity index (χ0) is 16.4. The molecule has 0 aliphatic rings. The maximum absolute atomic E-state index is 12.4. The van der Waals surface area contributed by atoms with Crippen molar-refractivity contribution >= 4 is 27.0 Å². The monoisotopic (exact) mass is 329 g/mol. The third kappa shape index (κ3) is 3.00. The maximum atomic E-state index is 12.4. The average molecular weight is 329 g/mol. The Hall–Kier alpha value is -2.93. The Balaban J connectivity index is 2.04. The summed E-state index contributed by atoms with van der Waals surface area (Å²) in [5.74, 6) is -1.13. The lowest BCUT2D eigenvalue weighted by Gasteiger charge is -2.09. The molecule has 0 aliphatic heterocycles. The van der Waals surface area contributed by atoms with E-state index < -0.39 is 16.1 Å². The lowest BCUT2D eigenvalue weighted by Crippen LogP contribution is -2.11. The Kier molecular flexibility index (Phi) is 3.71. The molecular formula is C16H11NO5S. The van der Waals surface area contributed by atoms with Gasteiger partial charge in [-0.2, -0.15) is 8.42 Å². The van der Waals surface area contributed by atoms with E-state index in [4.69, 9.17) is 9.29 Å². The normalized spacial score (nSPS) is 11.3. The van der Waals surface area contributed by atoms with Crippen LogP contribution in [0.1, 0.15) is 10.4 Å². The molecule has 0 unspecified atom stereocenters. The molecule has 0 fully saturated rings. The van der Waals surface area contributed by atoms with Crippen molar-refractivity contribution < 1.29 is 22.5 Å². The van der Waals surface area contributed by atoms with Gasteiger partial charge in [0.15, 0.2) is 5.75 Å². The Bertz CT molecular complexity index is 993. The topological polar surface area (TPSA) is 93.6 Å². The molecule has 0 saturated carbocycles. The van der Waals surface area contributed by atoms with Gasteiger partial charge in [0.2, 0.25) is 0 Å². The summed E-state index contributed by atoms with van der Waals surface area (Å²) in [4.78, 5) is 14.9. The number of hydrogen-bond donors (Lipinski definition) is 1. The number of pyridine rings is 1. The third-order valence-corrected chi connectivity index (χ3v) is 4.40. The van der Waals surface area contributed by atoms with Gasteiger partial charge in [0.25, 0.3) is 0 Å². The molecule has 0 spiro atoms. The van der Waals surface area contributed by atoms with Crippen LogP contribution in [0.4, 0.5) is 0 Å². The summed E-state index contributed by atoms with van der Waals surface area (Å²) in [6.45, 7) is 0. The quantitative estimate of drug-likeness (QED) is 0.740. The van der Waals surface area contributed by atoms with Crippen LogP contribution in [0.2, 0.25) is 0 Å². The number of para-hydroxylation sites is 1. The zero-order valence-electron chi connectivity index (χ0n) is 11.7. The van der Waals surface area contributed by atoms with Crippen LogP contribution in [0.5, 0.6) is 5.75 Å². The highest BCUT2D eigenvalue weighted by Gasteiger charge is 2.20. The molecule has 0 aliphatic carbocycles. The van der Waals surface area contributed by atoms with Crippen LogP contribution in [0.3, 0.4) is 0 Å². The van der Waals surface area contributed by atoms with Crippen molar-refractivity contribution in [3.63, 3.8) is 0 Å². The Labute approximate surface area is 132 Å². The van der Waals surface area contributed by atoms with Gasteiger partial charge in [0.1, 0.15) is 10.4 Å². The fourth-order valence-electron chi connectivity index (χ4n) is 2.09. The first-order valence-corrected chi connectivity index (χ1v) is 8.00. The van der Waals surface area contributed by atoms with E-state index in [2.05, 4.69) is 4.98 Å². The van der Waals surface area contributed by atoms with Crippen molar-refractivity contribution in [1.82, 2.24) is 4.98 Å². The molecule has 0 atom stereocenters. The number of benzene rings is 2. The molecule has 0 saturated heterocycles. The highest BCUT2D eigenvalue weighted by molar-refractivity contribution is 7.87. The molecule has 0 amide bonds. The second-order valence-corrected chi connectivity index (χ2v) is 6.25. The van der Waals surface area contributed by atoms with Crippen molar-refractivity contribution in [2.24, 2.45) is 0 Å². The fourth-order valence-corrected chi connectivity index (χ4v) is 3.08. The number of hydrogen-bond acceptors (Lipinski definition) is 5. The second-order valence-electron chi connectivity index (χ2n) is 4.70. The molecule has 6 nitrogen and oxygen atoms in total. The maximum Gasteiger partial charge on any atom is 0.339 e. The fraction of sp³-hybridized carbons (Fsp3) is 0. The number of carboxylic acid groups (broad SMARTS) is 1. The molecule has 0 radical (unpaired) electrons. The van der Waals surface area contributed by atoms with E-state index >= 15 is 0 Å². The van der Waals surface area contributed by atoms with Gasteiger partial charge in [-0.3, -0.25) is 4.98 Å². The van der Waals surface area contributed by atoms with Crippen molar-refractivity contribution in [2.45, 2.75) is 4.90 Å². The summed E-state index contributed by atoms with van der Waals surface area (Å²) in [5.41, 5.74) is 0.277. The lowest BCUT2D eigenvalue weighted by molar-refractivity contribution is 0.0696. The van der Waals surface area contributed by atoms with Crippen LogP contribution in [-0.2, 0) is 10.1 Å². The predicted octanol–water partition coefficient (Wildman–Crippen LogP) is 2.70. The second kappa shape index (κ2) is 5.69. The summed E-state index contributed by atoms with van der Waals surface area (Å²) < 4.78 is 29.9. The minimum Gasteiger partial charge on any atom is -0.478 e. The molecule has 1 N–H and O–H groups in total. The number of rotatable bonds is 4. The molecular weight excluding hydrogens is 318 g/mol. The molecule has 7 heteroatoms. The molecule has 116 valence electrons. The van der Waals surface area contributed by atoms with Crippen molar-refractivity contribution in [3.05, 3.63) is 66.4 Å². The number of aromatic nitrogens is 1. The molecule has 0 bridgehead atoms. The summed E-state index contributed by atoms with van der Waals surface area (Å²) >= 11 is 0. The highest BCUT2D eigenvalue weighted by atomic mass is 32.2. The summed E-state index contributed by atoms with van der Waals surface area (Å²) in [6.07, 6.45) is 1.53. The summed E-state index contributed by atoms with van der Waals surface area (Å²) in [7, 11) is -4.16. The van der Waals surface area contributed by atoms with Gasteiger partial charge in [-0.25, -0.2) is 4.79 Å². The van der Waals surface area contributed by atoms with Crippen molar-refractivity contribution in [2.75, 3.05) is 0 Å². The van der Waals surface area contributed by atoms with E-state index in [9.17, 15) is 13.2 Å². The molecule has 3 rings (SSSR count). The van der Waals surface area contributed by atoms with E-state index in [0.29, 0.717) is 5.52 Å². The van der Waals surface area contributed by atoms with Gasteiger partial charge in [-0.15, -0.1) is 0 Å². The Morgan fingerprint density at radius 3 is 2.57 bits per heavy atom. The van der Waals surface area contributed by atoms with E-state index in [0.717, 1.165) is 11.5 Å². The van der Waals surface area contributed by atoms with Crippen molar-refractivity contribution in [1.29, 1.82) is 0 Å². The van der Waals surface area contributed by atoms with Crippen molar-refractivity contribution in [3.8, 4) is 5.75 Å². The van der Waals surface area contributed by atoms with E-state index in [1.54, 1.807) is 24.3 Å². The number of fused-ring (bicyclic) bond motifs is 1. The van der Waals surface area contributed by atoms with Crippen LogP contribution >= 0.6 is 0 Å². The first-order chi connectivity index (χ1) is 11.0. The molecule has 2 aromatic carbocycles.